The fraction of sp³-hybridized carbons (Fsp3) is 0.333. The van der Waals surface area contributed by atoms with Crippen molar-refractivity contribution in [3.8, 4) is 5.75 Å². The number of aryl methyl sites for hydroxylation is 1. The van der Waals surface area contributed by atoms with Crippen molar-refractivity contribution < 1.29 is 22.3 Å². The SMILES string of the molecule is Cc1sc2nc(COc3ccc(F)cc3)cc(=O)n2c1C1CC1C(F)(F)F. The molecule has 1 aliphatic carbocycles. The molecule has 2 aromatic heterocycles. The standard InChI is InChI=1S/C18H14F4N2O2S/c1-9-16(13-7-14(13)18(20,21)22)24-15(25)6-11(23-17(24)27-9)8-26-12-4-2-10(19)3-5-12/h2-6,13-14H,7-8H2,1H3. The van der Waals surface area contributed by atoms with Gasteiger partial charge in [0.25, 0.3) is 5.56 Å². The molecule has 0 N–H and O–H groups in total. The number of hydrogen-bond acceptors (Lipinski definition) is 4. The Balaban J connectivity index is 1.61. The third-order valence-electron chi connectivity index (χ3n) is 4.55. The number of alkyl halides is 3. The van der Waals surface area contributed by atoms with Gasteiger partial charge in [-0.2, -0.15) is 13.2 Å². The molecule has 1 fully saturated rings. The van der Waals surface area contributed by atoms with E-state index in [4.69, 9.17) is 4.74 Å². The second-order valence-electron chi connectivity index (χ2n) is 6.48. The zero-order valence-corrected chi connectivity index (χ0v) is 14.9. The summed E-state index contributed by atoms with van der Waals surface area (Å²) in [5, 5.41) is 0. The highest BCUT2D eigenvalue weighted by Crippen LogP contribution is 2.57. The maximum atomic E-state index is 12.9. The van der Waals surface area contributed by atoms with Crippen LogP contribution in [0.25, 0.3) is 4.96 Å². The first-order valence-corrected chi connectivity index (χ1v) is 9.03. The zero-order chi connectivity index (χ0) is 19.3. The molecule has 4 nitrogen and oxygen atoms in total. The minimum absolute atomic E-state index is 0.00173. The maximum Gasteiger partial charge on any atom is 0.392 e. The summed E-state index contributed by atoms with van der Waals surface area (Å²) in [6.07, 6.45) is -4.26. The van der Waals surface area contributed by atoms with Gasteiger partial charge in [0.1, 0.15) is 18.2 Å². The highest BCUT2D eigenvalue weighted by atomic mass is 32.1. The first kappa shape index (κ1) is 18.0. The average Bonchev–Trinajstić information content (AvgIpc) is 3.31. The van der Waals surface area contributed by atoms with Crippen LogP contribution in [-0.2, 0) is 6.61 Å². The minimum atomic E-state index is -4.26. The Morgan fingerprint density at radius 3 is 2.63 bits per heavy atom. The van der Waals surface area contributed by atoms with Gasteiger partial charge in [-0.25, -0.2) is 9.37 Å². The number of halogens is 4. The summed E-state index contributed by atoms with van der Waals surface area (Å²) in [5.41, 5.74) is 0.339. The van der Waals surface area contributed by atoms with Crippen LogP contribution in [0.2, 0.25) is 0 Å². The molecule has 2 heterocycles. The lowest BCUT2D eigenvalue weighted by atomic mass is 10.2. The monoisotopic (exact) mass is 398 g/mol. The first-order valence-electron chi connectivity index (χ1n) is 8.21. The number of hydrogen-bond donors (Lipinski definition) is 0. The van der Waals surface area contributed by atoms with Gasteiger partial charge in [-0.05, 0) is 37.6 Å². The molecule has 142 valence electrons. The van der Waals surface area contributed by atoms with Crippen LogP contribution < -0.4 is 10.3 Å². The Labute approximate surface area is 155 Å². The molecule has 1 saturated carbocycles. The quantitative estimate of drug-likeness (QED) is 0.610. The average molecular weight is 398 g/mol. The van der Waals surface area contributed by atoms with Crippen molar-refractivity contribution in [3.05, 3.63) is 62.8 Å². The van der Waals surface area contributed by atoms with Crippen LogP contribution in [0.3, 0.4) is 0 Å². The highest BCUT2D eigenvalue weighted by Gasteiger charge is 2.57. The number of benzene rings is 1. The molecule has 0 spiro atoms. The Morgan fingerprint density at radius 1 is 1.30 bits per heavy atom. The van der Waals surface area contributed by atoms with Crippen molar-refractivity contribution in [2.45, 2.75) is 32.0 Å². The number of aromatic nitrogens is 2. The van der Waals surface area contributed by atoms with Gasteiger partial charge in [-0.1, -0.05) is 0 Å². The van der Waals surface area contributed by atoms with Crippen molar-refractivity contribution in [1.82, 2.24) is 9.38 Å². The van der Waals surface area contributed by atoms with Gasteiger partial charge in [0, 0.05) is 22.6 Å². The summed E-state index contributed by atoms with van der Waals surface area (Å²) in [6, 6.07) is 6.68. The van der Waals surface area contributed by atoms with Gasteiger partial charge in [-0.15, -0.1) is 11.3 Å². The number of fused-ring (bicyclic) bond motifs is 1. The third kappa shape index (κ3) is 3.43. The topological polar surface area (TPSA) is 43.6 Å². The third-order valence-corrected chi connectivity index (χ3v) is 5.52. The maximum absolute atomic E-state index is 12.9. The molecule has 1 aliphatic rings. The highest BCUT2D eigenvalue weighted by molar-refractivity contribution is 7.17. The lowest BCUT2D eigenvalue weighted by Crippen LogP contribution is -2.18. The van der Waals surface area contributed by atoms with Crippen LogP contribution in [-0.4, -0.2) is 15.6 Å². The van der Waals surface area contributed by atoms with Crippen LogP contribution in [0.1, 0.15) is 28.6 Å². The second kappa shape index (κ2) is 6.33. The molecule has 0 aliphatic heterocycles. The summed E-state index contributed by atoms with van der Waals surface area (Å²) in [5.74, 6) is -2.06. The summed E-state index contributed by atoms with van der Waals surface area (Å²) in [6.45, 7) is 1.70. The van der Waals surface area contributed by atoms with Gasteiger partial charge < -0.3 is 4.74 Å². The van der Waals surface area contributed by atoms with E-state index in [0.717, 1.165) is 0 Å². The number of rotatable bonds is 4. The van der Waals surface area contributed by atoms with Crippen LogP contribution in [0.4, 0.5) is 17.6 Å². The molecule has 0 radical (unpaired) electrons. The fourth-order valence-electron chi connectivity index (χ4n) is 3.19. The number of thiazole rings is 1. The predicted octanol–water partition coefficient (Wildman–Crippen LogP) is 4.45. The van der Waals surface area contributed by atoms with E-state index in [2.05, 4.69) is 4.98 Å². The molecule has 0 amide bonds. The number of ether oxygens (including phenoxy) is 1. The van der Waals surface area contributed by atoms with Crippen molar-refractivity contribution in [2.75, 3.05) is 0 Å². The van der Waals surface area contributed by atoms with Gasteiger partial charge in [0.2, 0.25) is 0 Å². The van der Waals surface area contributed by atoms with Crippen LogP contribution in [0.15, 0.2) is 35.1 Å². The summed E-state index contributed by atoms with van der Waals surface area (Å²) in [7, 11) is 0. The van der Waals surface area contributed by atoms with Gasteiger partial charge in [-0.3, -0.25) is 9.20 Å². The second-order valence-corrected chi connectivity index (χ2v) is 7.66. The molecule has 2 atom stereocenters. The summed E-state index contributed by atoms with van der Waals surface area (Å²) >= 11 is 1.19. The van der Waals surface area contributed by atoms with Gasteiger partial charge in [0.15, 0.2) is 4.96 Å². The molecule has 0 bridgehead atoms. The number of nitrogens with zero attached hydrogens (tertiary/aromatic N) is 2. The van der Waals surface area contributed by atoms with Crippen molar-refractivity contribution >= 4 is 16.3 Å². The normalized spacial score (nSPS) is 19.4. The molecular formula is C18H14F4N2O2S. The van der Waals surface area contributed by atoms with Gasteiger partial charge >= 0.3 is 6.18 Å². The zero-order valence-electron chi connectivity index (χ0n) is 14.1. The Morgan fingerprint density at radius 2 is 2.00 bits per heavy atom. The first-order chi connectivity index (χ1) is 12.7. The smallest absolute Gasteiger partial charge is 0.392 e. The molecule has 27 heavy (non-hydrogen) atoms. The van der Waals surface area contributed by atoms with Crippen LogP contribution >= 0.6 is 11.3 Å². The van der Waals surface area contributed by atoms with Gasteiger partial charge in [0.05, 0.1) is 11.6 Å². The van der Waals surface area contributed by atoms with E-state index in [1.54, 1.807) is 6.92 Å². The van der Waals surface area contributed by atoms with E-state index >= 15 is 0 Å². The van der Waals surface area contributed by atoms with E-state index in [-0.39, 0.29) is 18.8 Å². The summed E-state index contributed by atoms with van der Waals surface area (Å²) < 4.78 is 58.5. The largest absolute Gasteiger partial charge is 0.487 e. The van der Waals surface area contributed by atoms with E-state index in [9.17, 15) is 22.4 Å². The lowest BCUT2D eigenvalue weighted by molar-refractivity contribution is -0.148. The molecular weight excluding hydrogens is 384 g/mol. The lowest BCUT2D eigenvalue weighted by Gasteiger charge is -2.07. The molecule has 4 rings (SSSR count). The fourth-order valence-corrected chi connectivity index (χ4v) is 4.25. The van der Waals surface area contributed by atoms with E-state index in [1.165, 1.54) is 46.1 Å². The van der Waals surface area contributed by atoms with E-state index < -0.39 is 23.6 Å². The Bertz CT molecular complexity index is 1060. The molecule has 3 aromatic rings. The molecule has 9 heteroatoms. The molecule has 1 aromatic carbocycles. The van der Waals surface area contributed by atoms with Crippen molar-refractivity contribution in [2.24, 2.45) is 5.92 Å². The predicted molar refractivity (Wildman–Crippen MR) is 91.7 cm³/mol. The van der Waals surface area contributed by atoms with Crippen LogP contribution in [0.5, 0.6) is 5.75 Å². The van der Waals surface area contributed by atoms with Crippen molar-refractivity contribution in [3.63, 3.8) is 0 Å². The van der Waals surface area contributed by atoms with E-state index in [1.807, 2.05) is 0 Å². The van der Waals surface area contributed by atoms with E-state index in [0.29, 0.717) is 27.0 Å². The summed E-state index contributed by atoms with van der Waals surface area (Å²) in [4.78, 5) is 17.9. The molecule has 2 unspecified atom stereocenters. The Kier molecular flexibility index (Phi) is 4.21. The van der Waals surface area contributed by atoms with Crippen molar-refractivity contribution in [1.29, 1.82) is 0 Å². The molecule has 0 saturated heterocycles. The minimum Gasteiger partial charge on any atom is -0.487 e. The van der Waals surface area contributed by atoms with Crippen LogP contribution in [0, 0.1) is 18.7 Å². The Hall–Kier alpha value is -2.42.